The molecule has 1 atom stereocenters. The van der Waals surface area contributed by atoms with Gasteiger partial charge in [-0.2, -0.15) is 5.10 Å². The van der Waals surface area contributed by atoms with E-state index in [1.807, 2.05) is 0 Å². The van der Waals surface area contributed by atoms with Crippen LogP contribution in [-0.2, 0) is 11.3 Å². The predicted octanol–water partition coefficient (Wildman–Crippen LogP) is 2.66. The van der Waals surface area contributed by atoms with Crippen molar-refractivity contribution in [2.45, 2.75) is 63.7 Å². The lowest BCUT2D eigenvalue weighted by atomic mass is 9.96. The fourth-order valence-corrected chi connectivity index (χ4v) is 3.17. The van der Waals surface area contributed by atoms with Crippen molar-refractivity contribution in [2.24, 2.45) is 0 Å². The summed E-state index contributed by atoms with van der Waals surface area (Å²) in [5.41, 5.74) is 1.08. The topological polar surface area (TPSA) is 39.1 Å². The van der Waals surface area contributed by atoms with Gasteiger partial charge in [-0.15, -0.1) is 0 Å². The van der Waals surface area contributed by atoms with E-state index in [0.717, 1.165) is 18.8 Å². The number of piperidine rings is 1. The standard InChI is InChI=1S/C15H25N3O/c1-2-5-14(6-3-1)18-10-8-13(17-18)12-19-15-7-4-9-16-11-15/h8,10,14-16H,1-7,9,11-12H2/t15-/m0/s1. The lowest BCUT2D eigenvalue weighted by Crippen LogP contribution is -2.35. The summed E-state index contributed by atoms with van der Waals surface area (Å²) in [6.07, 6.45) is 11.6. The summed E-state index contributed by atoms with van der Waals surface area (Å²) >= 11 is 0. The molecule has 1 aliphatic heterocycles. The van der Waals surface area contributed by atoms with Crippen LogP contribution in [0.3, 0.4) is 0 Å². The molecule has 0 unspecified atom stereocenters. The molecule has 0 aromatic carbocycles. The fraction of sp³-hybridized carbons (Fsp3) is 0.800. The molecule has 1 N–H and O–H groups in total. The zero-order valence-electron chi connectivity index (χ0n) is 11.7. The van der Waals surface area contributed by atoms with Crippen LogP contribution in [0.4, 0.5) is 0 Å². The molecule has 106 valence electrons. The Morgan fingerprint density at radius 2 is 2.11 bits per heavy atom. The number of aromatic nitrogens is 2. The van der Waals surface area contributed by atoms with Crippen molar-refractivity contribution in [3.63, 3.8) is 0 Å². The Morgan fingerprint density at radius 1 is 1.21 bits per heavy atom. The molecule has 1 saturated heterocycles. The van der Waals surface area contributed by atoms with Crippen LogP contribution in [0.25, 0.3) is 0 Å². The maximum absolute atomic E-state index is 5.93. The summed E-state index contributed by atoms with van der Waals surface area (Å²) < 4.78 is 8.09. The number of nitrogens with zero attached hydrogens (tertiary/aromatic N) is 2. The van der Waals surface area contributed by atoms with Crippen LogP contribution < -0.4 is 5.32 Å². The average Bonchev–Trinajstić information content (AvgIpc) is 2.96. The molecule has 1 saturated carbocycles. The first kappa shape index (κ1) is 13.1. The fourth-order valence-electron chi connectivity index (χ4n) is 3.17. The number of rotatable bonds is 4. The molecule has 1 aliphatic carbocycles. The van der Waals surface area contributed by atoms with Crippen molar-refractivity contribution < 1.29 is 4.74 Å². The van der Waals surface area contributed by atoms with Crippen LogP contribution in [0.15, 0.2) is 12.3 Å². The normalized spacial score (nSPS) is 25.6. The van der Waals surface area contributed by atoms with Gasteiger partial charge in [0.2, 0.25) is 0 Å². The quantitative estimate of drug-likeness (QED) is 0.907. The average molecular weight is 263 g/mol. The van der Waals surface area contributed by atoms with Crippen LogP contribution in [0, 0.1) is 0 Å². The van der Waals surface area contributed by atoms with Crippen LogP contribution in [0.1, 0.15) is 56.7 Å². The molecule has 0 radical (unpaired) electrons. The van der Waals surface area contributed by atoms with Gasteiger partial charge in [-0.25, -0.2) is 0 Å². The van der Waals surface area contributed by atoms with E-state index in [1.165, 1.54) is 44.9 Å². The molecule has 19 heavy (non-hydrogen) atoms. The molecule has 0 amide bonds. The maximum Gasteiger partial charge on any atom is 0.0910 e. The van der Waals surface area contributed by atoms with E-state index in [0.29, 0.717) is 18.8 Å². The second kappa shape index (κ2) is 6.53. The van der Waals surface area contributed by atoms with Crippen molar-refractivity contribution >= 4 is 0 Å². The highest BCUT2D eigenvalue weighted by Gasteiger charge is 2.17. The van der Waals surface area contributed by atoms with Crippen LogP contribution in [-0.4, -0.2) is 29.0 Å². The first-order chi connectivity index (χ1) is 9.42. The highest BCUT2D eigenvalue weighted by molar-refractivity contribution is 4.98. The van der Waals surface area contributed by atoms with E-state index in [1.54, 1.807) is 0 Å². The van der Waals surface area contributed by atoms with E-state index < -0.39 is 0 Å². The Balaban J connectivity index is 1.49. The minimum Gasteiger partial charge on any atom is -0.371 e. The van der Waals surface area contributed by atoms with Crippen LogP contribution >= 0.6 is 0 Å². The highest BCUT2D eigenvalue weighted by Crippen LogP contribution is 2.27. The summed E-state index contributed by atoms with van der Waals surface area (Å²) in [4.78, 5) is 0. The van der Waals surface area contributed by atoms with E-state index >= 15 is 0 Å². The first-order valence-electron chi connectivity index (χ1n) is 7.78. The van der Waals surface area contributed by atoms with E-state index in [4.69, 9.17) is 4.74 Å². The van der Waals surface area contributed by atoms with Crippen molar-refractivity contribution in [1.29, 1.82) is 0 Å². The molecule has 1 aromatic heterocycles. The minimum atomic E-state index is 0.369. The smallest absolute Gasteiger partial charge is 0.0910 e. The van der Waals surface area contributed by atoms with Gasteiger partial charge < -0.3 is 10.1 Å². The second-order valence-corrected chi connectivity index (χ2v) is 5.86. The van der Waals surface area contributed by atoms with Gasteiger partial charge in [0, 0.05) is 12.7 Å². The molecular formula is C15H25N3O. The van der Waals surface area contributed by atoms with Gasteiger partial charge in [-0.1, -0.05) is 19.3 Å². The lowest BCUT2D eigenvalue weighted by molar-refractivity contribution is 0.0232. The van der Waals surface area contributed by atoms with E-state index in [-0.39, 0.29) is 0 Å². The number of hydrogen-bond acceptors (Lipinski definition) is 3. The largest absolute Gasteiger partial charge is 0.371 e. The Labute approximate surface area is 115 Å². The zero-order valence-corrected chi connectivity index (χ0v) is 11.7. The molecule has 1 aromatic rings. The summed E-state index contributed by atoms with van der Waals surface area (Å²) in [6.45, 7) is 2.78. The summed E-state index contributed by atoms with van der Waals surface area (Å²) in [5.74, 6) is 0. The molecule has 4 nitrogen and oxygen atoms in total. The minimum absolute atomic E-state index is 0.369. The third-order valence-electron chi connectivity index (χ3n) is 4.33. The van der Waals surface area contributed by atoms with Gasteiger partial charge in [0.15, 0.2) is 0 Å². The Hall–Kier alpha value is -0.870. The molecule has 3 rings (SSSR count). The van der Waals surface area contributed by atoms with Gasteiger partial charge in [-0.3, -0.25) is 4.68 Å². The summed E-state index contributed by atoms with van der Waals surface area (Å²) in [7, 11) is 0. The van der Waals surface area contributed by atoms with Gasteiger partial charge in [0.05, 0.1) is 24.4 Å². The van der Waals surface area contributed by atoms with Gasteiger partial charge in [-0.05, 0) is 38.3 Å². The summed E-state index contributed by atoms with van der Waals surface area (Å²) in [6, 6.07) is 2.74. The molecule has 0 spiro atoms. The molecule has 2 aliphatic rings. The third kappa shape index (κ3) is 3.57. The monoisotopic (exact) mass is 263 g/mol. The number of nitrogens with one attached hydrogen (secondary N) is 1. The van der Waals surface area contributed by atoms with Crippen molar-refractivity contribution in [3.8, 4) is 0 Å². The third-order valence-corrected chi connectivity index (χ3v) is 4.33. The SMILES string of the molecule is c1cn(C2CCCCC2)nc1CO[C@H]1CCCNC1. The molecule has 0 bridgehead atoms. The van der Waals surface area contributed by atoms with Crippen molar-refractivity contribution in [2.75, 3.05) is 13.1 Å². The lowest BCUT2D eigenvalue weighted by Gasteiger charge is -2.23. The van der Waals surface area contributed by atoms with E-state index in [2.05, 4.69) is 27.4 Å². The second-order valence-electron chi connectivity index (χ2n) is 5.86. The first-order valence-corrected chi connectivity index (χ1v) is 7.78. The maximum atomic E-state index is 5.93. The van der Waals surface area contributed by atoms with Crippen molar-refractivity contribution in [1.82, 2.24) is 15.1 Å². The van der Waals surface area contributed by atoms with Gasteiger partial charge in [0.25, 0.3) is 0 Å². The Kier molecular flexibility index (Phi) is 4.51. The zero-order chi connectivity index (χ0) is 12.9. The predicted molar refractivity (Wildman–Crippen MR) is 75.0 cm³/mol. The van der Waals surface area contributed by atoms with Crippen molar-refractivity contribution in [3.05, 3.63) is 18.0 Å². The number of hydrogen-bond donors (Lipinski definition) is 1. The Bertz CT molecular complexity index is 378. The van der Waals surface area contributed by atoms with Gasteiger partial charge >= 0.3 is 0 Å². The van der Waals surface area contributed by atoms with Gasteiger partial charge in [0.1, 0.15) is 0 Å². The highest BCUT2D eigenvalue weighted by atomic mass is 16.5. The molecule has 4 heteroatoms. The van der Waals surface area contributed by atoms with E-state index in [9.17, 15) is 0 Å². The molecule has 2 heterocycles. The van der Waals surface area contributed by atoms with Crippen LogP contribution in [0.5, 0.6) is 0 Å². The molecule has 2 fully saturated rings. The molecular weight excluding hydrogens is 238 g/mol. The Morgan fingerprint density at radius 3 is 2.89 bits per heavy atom. The number of ether oxygens (including phenoxy) is 1. The van der Waals surface area contributed by atoms with Crippen LogP contribution in [0.2, 0.25) is 0 Å². The summed E-state index contributed by atoms with van der Waals surface area (Å²) in [5, 5.41) is 8.07.